The second-order valence-electron chi connectivity index (χ2n) is 6.36. The van der Waals surface area contributed by atoms with Crippen LogP contribution in [-0.2, 0) is 0 Å². The molecule has 0 aromatic heterocycles. The highest BCUT2D eigenvalue weighted by molar-refractivity contribution is 6.14. The van der Waals surface area contributed by atoms with Crippen LogP contribution in [0.1, 0.15) is 26.3 Å². The van der Waals surface area contributed by atoms with Crippen molar-refractivity contribution in [3.63, 3.8) is 0 Å². The summed E-state index contributed by atoms with van der Waals surface area (Å²) in [5.41, 5.74) is 1.04. The highest BCUT2D eigenvalue weighted by atomic mass is 19.1. The Hall–Kier alpha value is -4.01. The van der Waals surface area contributed by atoms with Crippen LogP contribution >= 0.6 is 0 Å². The Morgan fingerprint density at radius 3 is 2.43 bits per heavy atom. The summed E-state index contributed by atoms with van der Waals surface area (Å²) in [7, 11) is 0. The van der Waals surface area contributed by atoms with Gasteiger partial charge in [0.1, 0.15) is 17.3 Å². The second-order valence-corrected chi connectivity index (χ2v) is 6.36. The predicted molar refractivity (Wildman–Crippen MR) is 105 cm³/mol. The van der Waals surface area contributed by atoms with Gasteiger partial charge in [-0.2, -0.15) is 0 Å². The fourth-order valence-electron chi connectivity index (χ4n) is 2.83. The minimum atomic E-state index is -0.691. The van der Waals surface area contributed by atoms with Crippen molar-refractivity contribution in [1.29, 1.82) is 0 Å². The van der Waals surface area contributed by atoms with E-state index < -0.39 is 5.97 Å². The molecule has 1 heterocycles. The van der Waals surface area contributed by atoms with Gasteiger partial charge in [0.15, 0.2) is 5.76 Å². The van der Waals surface area contributed by atoms with Crippen LogP contribution in [0.5, 0.6) is 11.5 Å². The number of benzene rings is 3. The Bertz CT molecular complexity index is 1150. The molecular weight excluding hydrogens is 393 g/mol. The van der Waals surface area contributed by atoms with E-state index in [-0.39, 0.29) is 45.3 Å². The van der Waals surface area contributed by atoms with E-state index in [1.165, 1.54) is 72.8 Å². The third-order valence-corrected chi connectivity index (χ3v) is 4.34. The van der Waals surface area contributed by atoms with E-state index >= 15 is 0 Å². The second kappa shape index (κ2) is 7.78. The summed E-state index contributed by atoms with van der Waals surface area (Å²) in [6, 6.07) is 15.1. The molecule has 0 fully saturated rings. The van der Waals surface area contributed by atoms with Gasteiger partial charge in [-0.3, -0.25) is 10.0 Å². The number of ether oxygens (including phenoxy) is 2. The van der Waals surface area contributed by atoms with E-state index in [1.807, 2.05) is 0 Å². The number of esters is 1. The Morgan fingerprint density at radius 1 is 1.07 bits per heavy atom. The molecule has 30 heavy (non-hydrogen) atoms. The minimum Gasteiger partial charge on any atom is -0.733 e. The maximum Gasteiger partial charge on any atom is 0.343 e. The van der Waals surface area contributed by atoms with Gasteiger partial charge in [0.25, 0.3) is 0 Å². The number of carbonyl (C=O) groups excluding carboxylic acids is 2. The molecule has 0 bridgehead atoms. The third-order valence-electron chi connectivity index (χ3n) is 4.34. The van der Waals surface area contributed by atoms with E-state index in [0.717, 1.165) is 0 Å². The first-order valence-corrected chi connectivity index (χ1v) is 8.73. The maximum atomic E-state index is 13.0. The summed E-state index contributed by atoms with van der Waals surface area (Å²) in [4.78, 5) is 24.8. The van der Waals surface area contributed by atoms with Crippen LogP contribution in [0.4, 0.5) is 10.1 Å². The lowest BCUT2D eigenvalue weighted by atomic mass is 10.1. The van der Waals surface area contributed by atoms with E-state index in [4.69, 9.17) is 14.7 Å². The Labute approximate surface area is 169 Å². The van der Waals surface area contributed by atoms with Gasteiger partial charge in [-0.15, -0.1) is 0 Å². The van der Waals surface area contributed by atoms with E-state index in [9.17, 15) is 19.2 Å². The molecule has 0 spiro atoms. The highest BCUT2D eigenvalue weighted by Crippen LogP contribution is 2.35. The minimum absolute atomic E-state index is 0.0311. The standard InChI is InChI=1S/C22H13FNO6/c23-15-5-1-13(2-6-15)11-20-21(25)18-10-9-17(12-19(18)30-20)29-22(26)14-3-7-16(8-4-14)24(27)28/h1-12,27H/q-1. The number of carbonyl (C=O) groups is 2. The first-order valence-electron chi connectivity index (χ1n) is 8.73. The normalized spacial score (nSPS) is 13.7. The van der Waals surface area contributed by atoms with Crippen LogP contribution in [-0.4, -0.2) is 17.0 Å². The summed E-state index contributed by atoms with van der Waals surface area (Å²) in [5, 5.41) is 19.3. The number of anilines is 1. The molecule has 0 radical (unpaired) electrons. The first kappa shape index (κ1) is 19.3. The summed E-state index contributed by atoms with van der Waals surface area (Å²) >= 11 is 0. The van der Waals surface area contributed by atoms with E-state index in [2.05, 4.69) is 0 Å². The Balaban J connectivity index is 1.51. The molecule has 3 aromatic carbocycles. The molecular formula is C22H13FNO6-. The van der Waals surface area contributed by atoms with E-state index in [1.54, 1.807) is 0 Å². The fourth-order valence-corrected chi connectivity index (χ4v) is 2.83. The summed E-state index contributed by atoms with van der Waals surface area (Å²) in [5.74, 6) is -0.955. The largest absolute Gasteiger partial charge is 0.733 e. The molecule has 0 saturated heterocycles. The number of halogens is 1. The van der Waals surface area contributed by atoms with Crippen LogP contribution in [0.2, 0.25) is 0 Å². The number of rotatable bonds is 4. The smallest absolute Gasteiger partial charge is 0.343 e. The molecule has 3 aromatic rings. The monoisotopic (exact) mass is 406 g/mol. The molecule has 1 aliphatic heterocycles. The highest BCUT2D eigenvalue weighted by Gasteiger charge is 2.28. The van der Waals surface area contributed by atoms with Gasteiger partial charge in [0.05, 0.1) is 16.8 Å². The van der Waals surface area contributed by atoms with Crippen molar-refractivity contribution < 1.29 is 28.7 Å². The van der Waals surface area contributed by atoms with Crippen molar-refractivity contribution in [3.05, 3.63) is 100 Å². The molecule has 8 heteroatoms. The van der Waals surface area contributed by atoms with Crippen molar-refractivity contribution in [1.82, 2.24) is 0 Å². The molecule has 1 aliphatic rings. The van der Waals surface area contributed by atoms with Crippen LogP contribution < -0.4 is 14.7 Å². The van der Waals surface area contributed by atoms with Crippen molar-refractivity contribution in [2.24, 2.45) is 0 Å². The molecule has 1 N–H and O–H groups in total. The molecule has 0 amide bonds. The van der Waals surface area contributed by atoms with Crippen molar-refractivity contribution in [2.75, 3.05) is 5.23 Å². The molecule has 7 nitrogen and oxygen atoms in total. The van der Waals surface area contributed by atoms with Crippen LogP contribution in [0, 0.1) is 11.0 Å². The number of hydrogen-bond acceptors (Lipinski definition) is 7. The lowest BCUT2D eigenvalue weighted by Gasteiger charge is -2.21. The van der Waals surface area contributed by atoms with E-state index in [0.29, 0.717) is 11.1 Å². The molecule has 0 saturated carbocycles. The van der Waals surface area contributed by atoms with Gasteiger partial charge >= 0.3 is 5.97 Å². The lowest BCUT2D eigenvalue weighted by molar-refractivity contribution is 0.0734. The van der Waals surface area contributed by atoms with Crippen LogP contribution in [0.3, 0.4) is 0 Å². The van der Waals surface area contributed by atoms with Gasteiger partial charge < -0.3 is 19.9 Å². The van der Waals surface area contributed by atoms with Gasteiger partial charge in [-0.05, 0) is 60.2 Å². The molecule has 4 rings (SSSR count). The molecule has 0 atom stereocenters. The topological polar surface area (TPSA) is 99.1 Å². The van der Waals surface area contributed by atoms with Gasteiger partial charge in [0, 0.05) is 6.07 Å². The lowest BCUT2D eigenvalue weighted by Crippen LogP contribution is -2.10. The van der Waals surface area contributed by atoms with Crippen LogP contribution in [0.15, 0.2) is 72.5 Å². The summed E-state index contributed by atoms with van der Waals surface area (Å²) in [6.07, 6.45) is 1.50. The summed E-state index contributed by atoms with van der Waals surface area (Å²) < 4.78 is 23.9. The van der Waals surface area contributed by atoms with Crippen molar-refractivity contribution >= 4 is 23.5 Å². The summed E-state index contributed by atoms with van der Waals surface area (Å²) in [6.45, 7) is 0. The number of hydrogen-bond donors (Lipinski definition) is 1. The molecule has 150 valence electrons. The van der Waals surface area contributed by atoms with Gasteiger partial charge in [0.2, 0.25) is 5.78 Å². The quantitative estimate of drug-likeness (QED) is 0.298. The zero-order valence-corrected chi connectivity index (χ0v) is 15.2. The molecule has 0 aliphatic carbocycles. The number of Topliss-reactive ketones (excluding diaryl/α,β-unsaturated/α-hetero) is 1. The zero-order chi connectivity index (χ0) is 21.3. The average molecular weight is 406 g/mol. The maximum absolute atomic E-state index is 13.0. The predicted octanol–water partition coefficient (Wildman–Crippen LogP) is 4.35. The zero-order valence-electron chi connectivity index (χ0n) is 15.2. The number of nitrogens with zero attached hydrogens (tertiary/aromatic N) is 1. The SMILES string of the molecule is O=C(Oc1ccc2c(c1)OC(=Cc1ccc(F)cc1)C2=O)c1ccc(N([O-])O)cc1. The number of allylic oxidation sites excluding steroid dienone is 1. The first-order chi connectivity index (χ1) is 14.4. The Kier molecular flexibility index (Phi) is 5.01. The fraction of sp³-hybridized carbons (Fsp3) is 0. The van der Waals surface area contributed by atoms with Crippen molar-refractivity contribution in [2.45, 2.75) is 0 Å². The third kappa shape index (κ3) is 3.90. The Morgan fingerprint density at radius 2 is 1.77 bits per heavy atom. The van der Waals surface area contributed by atoms with Crippen molar-refractivity contribution in [3.8, 4) is 11.5 Å². The van der Waals surface area contributed by atoms with Crippen LogP contribution in [0.25, 0.3) is 6.08 Å². The van der Waals surface area contributed by atoms with Gasteiger partial charge in [-0.1, -0.05) is 12.1 Å². The number of ketones is 1. The number of fused-ring (bicyclic) bond motifs is 1. The molecule has 0 unspecified atom stereocenters. The van der Waals surface area contributed by atoms with Gasteiger partial charge in [-0.25, -0.2) is 9.18 Å². The average Bonchev–Trinajstić information content (AvgIpc) is 3.04.